The molecular weight excluding hydrogens is 502 g/mol. The van der Waals surface area contributed by atoms with Gasteiger partial charge in [0, 0.05) is 56.7 Å². The zero-order valence-electron chi connectivity index (χ0n) is 21.3. The first-order chi connectivity index (χ1) is 18.1. The Balaban J connectivity index is 1.29. The van der Waals surface area contributed by atoms with E-state index in [9.17, 15) is 4.79 Å². The number of unbranched alkanes of at least 4 members (excludes halogenated alkanes) is 1. The molecule has 2 aromatic carbocycles. The number of halogens is 1. The first-order valence-corrected chi connectivity index (χ1v) is 14.2. The Kier molecular flexibility index (Phi) is 10.4. The van der Waals surface area contributed by atoms with Crippen LogP contribution in [0.3, 0.4) is 0 Å². The number of thioether (sulfide) groups is 1. The predicted octanol–water partition coefficient (Wildman–Crippen LogP) is 5.79. The van der Waals surface area contributed by atoms with Gasteiger partial charge in [0.1, 0.15) is 11.0 Å². The highest BCUT2D eigenvalue weighted by molar-refractivity contribution is 7.98. The molecule has 0 bridgehead atoms. The molecule has 0 spiro atoms. The van der Waals surface area contributed by atoms with Gasteiger partial charge in [-0.3, -0.25) is 9.69 Å². The number of nitrogens with zero attached hydrogens (tertiary/aromatic N) is 4. The van der Waals surface area contributed by atoms with Crippen LogP contribution in [0.1, 0.15) is 41.3 Å². The van der Waals surface area contributed by atoms with Gasteiger partial charge in [-0.15, -0.1) is 0 Å². The van der Waals surface area contributed by atoms with Crippen LogP contribution in [-0.4, -0.2) is 60.0 Å². The molecule has 8 heteroatoms. The van der Waals surface area contributed by atoms with Crippen molar-refractivity contribution in [3.05, 3.63) is 88.6 Å². The van der Waals surface area contributed by atoms with Crippen LogP contribution in [0, 0.1) is 0 Å². The zero-order chi connectivity index (χ0) is 25.9. The number of piperazine rings is 1. The van der Waals surface area contributed by atoms with Gasteiger partial charge in [-0.25, -0.2) is 9.97 Å². The second-order valence-electron chi connectivity index (χ2n) is 9.03. The third kappa shape index (κ3) is 8.59. The minimum Gasteiger partial charge on any atom is -0.354 e. The molecule has 0 aliphatic carbocycles. The van der Waals surface area contributed by atoms with E-state index in [-0.39, 0.29) is 5.91 Å². The highest BCUT2D eigenvalue weighted by atomic mass is 35.5. The molecule has 2 heterocycles. The Labute approximate surface area is 229 Å². The molecule has 6 nitrogen and oxygen atoms in total. The molecule has 1 aromatic heterocycles. The van der Waals surface area contributed by atoms with Gasteiger partial charge < -0.3 is 10.2 Å². The molecule has 0 unspecified atom stereocenters. The smallest absolute Gasteiger partial charge is 0.251 e. The molecule has 37 heavy (non-hydrogen) atoms. The highest BCUT2D eigenvalue weighted by Crippen LogP contribution is 2.25. The third-order valence-electron chi connectivity index (χ3n) is 6.20. The van der Waals surface area contributed by atoms with Gasteiger partial charge >= 0.3 is 0 Å². The Morgan fingerprint density at radius 2 is 1.86 bits per heavy atom. The van der Waals surface area contributed by atoms with E-state index in [4.69, 9.17) is 16.6 Å². The quantitative estimate of drug-likeness (QED) is 0.145. The number of rotatable bonds is 11. The van der Waals surface area contributed by atoms with Crippen LogP contribution in [0.2, 0.25) is 5.15 Å². The maximum Gasteiger partial charge on any atom is 0.251 e. The van der Waals surface area contributed by atoms with E-state index in [1.807, 2.05) is 36.4 Å². The fourth-order valence-electron chi connectivity index (χ4n) is 4.10. The number of nitrogens with one attached hydrogen (secondary N) is 1. The van der Waals surface area contributed by atoms with Crippen molar-refractivity contribution < 1.29 is 4.79 Å². The number of anilines is 1. The van der Waals surface area contributed by atoms with Gasteiger partial charge in [-0.2, -0.15) is 0 Å². The monoisotopic (exact) mass is 535 g/mol. The Hall–Kier alpha value is -2.87. The predicted molar refractivity (Wildman–Crippen MR) is 154 cm³/mol. The summed E-state index contributed by atoms with van der Waals surface area (Å²) in [6.45, 7) is 7.47. The van der Waals surface area contributed by atoms with Crippen LogP contribution >= 0.6 is 23.4 Å². The summed E-state index contributed by atoms with van der Waals surface area (Å²) in [6.07, 6.45) is 6.44. The fourth-order valence-corrected chi connectivity index (χ4v) is 5.13. The van der Waals surface area contributed by atoms with Crippen molar-refractivity contribution in [1.29, 1.82) is 0 Å². The van der Waals surface area contributed by atoms with Crippen molar-refractivity contribution in [2.45, 2.75) is 30.7 Å². The molecule has 194 valence electrons. The number of aromatic nitrogens is 2. The van der Waals surface area contributed by atoms with Crippen molar-refractivity contribution >= 4 is 41.2 Å². The van der Waals surface area contributed by atoms with Crippen LogP contribution in [0.25, 0.3) is 6.08 Å². The number of hydrogen-bond acceptors (Lipinski definition) is 6. The second-order valence-corrected chi connectivity index (χ2v) is 10.4. The highest BCUT2D eigenvalue weighted by Gasteiger charge is 2.19. The summed E-state index contributed by atoms with van der Waals surface area (Å²) in [4.78, 5) is 26.3. The normalized spacial score (nSPS) is 14.3. The summed E-state index contributed by atoms with van der Waals surface area (Å²) in [5, 5.41) is 4.07. The maximum absolute atomic E-state index is 12.4. The van der Waals surface area contributed by atoms with Crippen LogP contribution in [0.15, 0.2) is 71.9 Å². The molecular formula is C29H34ClN5OS. The van der Waals surface area contributed by atoms with Gasteiger partial charge in [0.2, 0.25) is 0 Å². The maximum atomic E-state index is 12.4. The molecule has 4 rings (SSSR count). The average molecular weight is 536 g/mol. The van der Waals surface area contributed by atoms with Gasteiger partial charge in [-0.1, -0.05) is 91.3 Å². The molecule has 0 saturated carbocycles. The van der Waals surface area contributed by atoms with E-state index >= 15 is 0 Å². The number of benzene rings is 2. The van der Waals surface area contributed by atoms with Crippen molar-refractivity contribution in [2.75, 3.05) is 44.2 Å². The van der Waals surface area contributed by atoms with Gasteiger partial charge in [0.25, 0.3) is 5.91 Å². The molecule has 1 aliphatic heterocycles. The molecule has 1 aliphatic rings. The van der Waals surface area contributed by atoms with E-state index in [0.29, 0.717) is 28.2 Å². The lowest BCUT2D eigenvalue weighted by Crippen LogP contribution is -2.46. The molecule has 0 radical (unpaired) electrons. The molecule has 0 atom stereocenters. The fraction of sp³-hybridized carbons (Fsp3) is 0.345. The second kappa shape index (κ2) is 14.2. The van der Waals surface area contributed by atoms with E-state index in [0.717, 1.165) is 56.9 Å². The standard InChI is InChI=1S/C29H34ClN5OS/c1-2-3-14-31-28(36)25-13-7-11-24(20-25)22-37-29-32-26(30)21-27(33-29)35-18-16-34(17-19-35)15-8-12-23-9-5-4-6-10-23/h4-13,20-21H,2-3,14-19,22H2,1H3,(H,31,36). The summed E-state index contributed by atoms with van der Waals surface area (Å²) in [6, 6.07) is 20.0. The third-order valence-corrected chi connectivity index (χ3v) is 7.32. The minimum absolute atomic E-state index is 0.0312. The lowest BCUT2D eigenvalue weighted by molar-refractivity contribution is 0.0953. The summed E-state index contributed by atoms with van der Waals surface area (Å²) in [7, 11) is 0. The minimum atomic E-state index is -0.0312. The van der Waals surface area contributed by atoms with Crippen molar-refractivity contribution in [2.24, 2.45) is 0 Å². The van der Waals surface area contributed by atoms with Crippen molar-refractivity contribution in [1.82, 2.24) is 20.2 Å². The SMILES string of the molecule is CCCCNC(=O)c1cccc(CSc2nc(Cl)cc(N3CCN(CC=Cc4ccccc4)CC3)n2)c1. The average Bonchev–Trinajstić information content (AvgIpc) is 2.93. The van der Waals surface area contributed by atoms with Gasteiger partial charge in [0.15, 0.2) is 5.16 Å². The van der Waals surface area contributed by atoms with Crippen LogP contribution in [0.5, 0.6) is 0 Å². The first-order valence-electron chi connectivity index (χ1n) is 12.8. The summed E-state index contributed by atoms with van der Waals surface area (Å²) >= 11 is 7.90. The Bertz CT molecular complexity index is 1180. The molecule has 1 fully saturated rings. The summed E-state index contributed by atoms with van der Waals surface area (Å²) < 4.78 is 0. The van der Waals surface area contributed by atoms with Gasteiger partial charge in [-0.05, 0) is 29.7 Å². The van der Waals surface area contributed by atoms with E-state index in [2.05, 4.69) is 63.4 Å². The number of hydrogen-bond donors (Lipinski definition) is 1. The van der Waals surface area contributed by atoms with E-state index in [1.54, 1.807) is 0 Å². The lowest BCUT2D eigenvalue weighted by atomic mass is 10.1. The molecule has 1 saturated heterocycles. The van der Waals surface area contributed by atoms with Crippen LogP contribution in [0.4, 0.5) is 5.82 Å². The van der Waals surface area contributed by atoms with Gasteiger partial charge in [0.05, 0.1) is 0 Å². The van der Waals surface area contributed by atoms with Crippen molar-refractivity contribution in [3.63, 3.8) is 0 Å². The zero-order valence-corrected chi connectivity index (χ0v) is 22.8. The van der Waals surface area contributed by atoms with Crippen molar-refractivity contribution in [3.8, 4) is 0 Å². The number of carbonyl (C=O) groups excluding carboxylic acids is 1. The van der Waals surface area contributed by atoms with E-state index in [1.165, 1.54) is 17.3 Å². The van der Waals surface area contributed by atoms with E-state index < -0.39 is 0 Å². The first kappa shape index (κ1) is 27.2. The lowest BCUT2D eigenvalue weighted by Gasteiger charge is -2.35. The van der Waals surface area contributed by atoms with Crippen LogP contribution < -0.4 is 10.2 Å². The topological polar surface area (TPSA) is 61.4 Å². The Morgan fingerprint density at radius 3 is 2.65 bits per heavy atom. The number of amides is 1. The Morgan fingerprint density at radius 1 is 1.05 bits per heavy atom. The largest absolute Gasteiger partial charge is 0.354 e. The molecule has 1 amide bonds. The summed E-state index contributed by atoms with van der Waals surface area (Å²) in [5.74, 6) is 1.50. The molecule has 1 N–H and O–H groups in total. The van der Waals surface area contributed by atoms with Crippen LogP contribution in [-0.2, 0) is 5.75 Å². The summed E-state index contributed by atoms with van der Waals surface area (Å²) in [5.41, 5.74) is 2.96. The molecule has 3 aromatic rings. The number of carbonyl (C=O) groups is 1.